The van der Waals surface area contributed by atoms with Crippen molar-refractivity contribution < 1.29 is 9.18 Å². The van der Waals surface area contributed by atoms with Crippen LogP contribution in [0.25, 0.3) is 0 Å². The first-order valence-electron chi connectivity index (χ1n) is 3.24. The average Bonchev–Trinajstić information content (AvgIpc) is 1.94. The maximum Gasteiger partial charge on any atom is 0.161 e. The van der Waals surface area contributed by atoms with Crippen LogP contribution in [0.3, 0.4) is 0 Å². The number of halogens is 1. The second-order valence-corrected chi connectivity index (χ2v) is 2.35. The van der Waals surface area contributed by atoms with E-state index in [1.807, 2.05) is 0 Å². The van der Waals surface area contributed by atoms with Gasteiger partial charge in [0.2, 0.25) is 0 Å². The van der Waals surface area contributed by atoms with E-state index in [-0.39, 0.29) is 5.78 Å². The number of aromatic nitrogens is 1. The Kier molecular flexibility index (Phi) is 1.98. The number of hydrogen-bond acceptors (Lipinski definition) is 2. The summed E-state index contributed by atoms with van der Waals surface area (Å²) in [6, 6.07) is 1.20. The molecule has 11 heavy (non-hydrogen) atoms. The van der Waals surface area contributed by atoms with Crippen LogP contribution in [0.1, 0.15) is 23.0 Å². The van der Waals surface area contributed by atoms with Crippen LogP contribution < -0.4 is 0 Å². The summed E-state index contributed by atoms with van der Waals surface area (Å²) in [5, 5.41) is 0. The van der Waals surface area contributed by atoms with Crippen LogP contribution in [0.4, 0.5) is 4.39 Å². The largest absolute Gasteiger partial charge is 0.294 e. The third kappa shape index (κ3) is 1.61. The average molecular weight is 153 g/mol. The van der Waals surface area contributed by atoms with Crippen molar-refractivity contribution in [2.45, 2.75) is 13.8 Å². The van der Waals surface area contributed by atoms with Crippen molar-refractivity contribution in [3.05, 3.63) is 29.3 Å². The Morgan fingerprint density at radius 1 is 1.64 bits per heavy atom. The van der Waals surface area contributed by atoms with Gasteiger partial charge in [-0.25, -0.2) is 4.39 Å². The molecule has 0 aliphatic carbocycles. The molecule has 1 rings (SSSR count). The minimum Gasteiger partial charge on any atom is -0.294 e. The molecule has 0 aliphatic heterocycles. The molecule has 0 N–H and O–H groups in total. The lowest BCUT2D eigenvalue weighted by Crippen LogP contribution is -1.96. The number of pyridine rings is 1. The molecule has 0 aliphatic rings. The van der Waals surface area contributed by atoms with Gasteiger partial charge in [-0.15, -0.1) is 0 Å². The fourth-order valence-corrected chi connectivity index (χ4v) is 0.699. The van der Waals surface area contributed by atoms with E-state index in [2.05, 4.69) is 4.98 Å². The Balaban J connectivity index is 3.15. The zero-order valence-corrected chi connectivity index (χ0v) is 6.39. The van der Waals surface area contributed by atoms with E-state index in [0.717, 1.165) is 0 Å². The first-order valence-corrected chi connectivity index (χ1v) is 3.24. The van der Waals surface area contributed by atoms with E-state index in [0.29, 0.717) is 11.3 Å². The highest BCUT2D eigenvalue weighted by Gasteiger charge is 2.03. The molecule has 3 heteroatoms. The molecular weight excluding hydrogens is 145 g/mol. The van der Waals surface area contributed by atoms with E-state index >= 15 is 0 Å². The van der Waals surface area contributed by atoms with Crippen molar-refractivity contribution in [3.63, 3.8) is 0 Å². The van der Waals surface area contributed by atoms with Crippen LogP contribution in [0, 0.1) is 12.7 Å². The smallest absolute Gasteiger partial charge is 0.161 e. The van der Waals surface area contributed by atoms with E-state index in [1.54, 1.807) is 6.92 Å². The van der Waals surface area contributed by atoms with Crippen LogP contribution in [-0.2, 0) is 0 Å². The molecule has 1 aromatic heterocycles. The van der Waals surface area contributed by atoms with Gasteiger partial charge in [0.1, 0.15) is 5.82 Å². The predicted octanol–water partition coefficient (Wildman–Crippen LogP) is 1.73. The normalized spacial score (nSPS) is 9.73. The monoisotopic (exact) mass is 153 g/mol. The summed E-state index contributed by atoms with van der Waals surface area (Å²) in [5.74, 6) is -0.603. The molecule has 0 amide bonds. The summed E-state index contributed by atoms with van der Waals surface area (Å²) >= 11 is 0. The number of Topliss-reactive ketones (excluding diaryl/α,β-unsaturated/α-hetero) is 1. The summed E-state index contributed by atoms with van der Waals surface area (Å²) in [6.45, 7) is 2.94. The number of carbonyl (C=O) groups excluding carboxylic acids is 1. The van der Waals surface area contributed by atoms with Gasteiger partial charge >= 0.3 is 0 Å². The van der Waals surface area contributed by atoms with E-state index in [4.69, 9.17) is 0 Å². The summed E-state index contributed by atoms with van der Waals surface area (Å²) in [6.07, 6.45) is 1.38. The summed E-state index contributed by atoms with van der Waals surface area (Å²) in [5.41, 5.74) is 0.628. The van der Waals surface area contributed by atoms with Crippen LogP contribution >= 0.6 is 0 Å². The van der Waals surface area contributed by atoms with Gasteiger partial charge in [0, 0.05) is 11.8 Å². The predicted molar refractivity (Wildman–Crippen MR) is 38.9 cm³/mol. The standard InChI is InChI=1S/C8H8FNO/c1-5-8(9)3-7(4-10-5)6(2)11/h3-4H,1-2H3. The van der Waals surface area contributed by atoms with E-state index in [9.17, 15) is 9.18 Å². The topological polar surface area (TPSA) is 30.0 Å². The summed E-state index contributed by atoms with van der Waals surface area (Å²) in [7, 11) is 0. The minimum atomic E-state index is -0.433. The Labute approximate surface area is 64.1 Å². The molecule has 0 unspecified atom stereocenters. The Hall–Kier alpha value is -1.25. The number of ketones is 1. The number of rotatable bonds is 1. The van der Waals surface area contributed by atoms with Crippen molar-refractivity contribution in [3.8, 4) is 0 Å². The molecule has 0 bridgehead atoms. The third-order valence-electron chi connectivity index (χ3n) is 1.43. The van der Waals surface area contributed by atoms with Crippen molar-refractivity contribution in [1.82, 2.24) is 4.98 Å². The van der Waals surface area contributed by atoms with Crippen molar-refractivity contribution in [2.75, 3.05) is 0 Å². The van der Waals surface area contributed by atoms with Gasteiger partial charge in [-0.1, -0.05) is 0 Å². The first kappa shape index (κ1) is 7.85. The lowest BCUT2D eigenvalue weighted by atomic mass is 10.2. The molecule has 0 spiro atoms. The first-order chi connectivity index (χ1) is 5.11. The zero-order valence-electron chi connectivity index (χ0n) is 6.39. The van der Waals surface area contributed by atoms with Crippen LogP contribution in [0.2, 0.25) is 0 Å². The number of hydrogen-bond donors (Lipinski definition) is 0. The zero-order chi connectivity index (χ0) is 8.43. The maximum atomic E-state index is 12.7. The molecule has 0 fully saturated rings. The molecule has 1 heterocycles. The molecule has 0 atom stereocenters. The Morgan fingerprint density at radius 3 is 2.73 bits per heavy atom. The Bertz CT molecular complexity index is 296. The van der Waals surface area contributed by atoms with Crippen molar-refractivity contribution in [2.24, 2.45) is 0 Å². The van der Waals surface area contributed by atoms with Gasteiger partial charge in [0.05, 0.1) is 5.69 Å². The number of carbonyl (C=O) groups is 1. The fourth-order valence-electron chi connectivity index (χ4n) is 0.699. The molecule has 58 valence electrons. The third-order valence-corrected chi connectivity index (χ3v) is 1.43. The molecule has 1 aromatic rings. The number of nitrogens with zero attached hydrogens (tertiary/aromatic N) is 1. The highest BCUT2D eigenvalue weighted by Crippen LogP contribution is 2.05. The maximum absolute atomic E-state index is 12.7. The minimum absolute atomic E-state index is 0.170. The van der Waals surface area contributed by atoms with E-state index < -0.39 is 5.82 Å². The Morgan fingerprint density at radius 2 is 2.27 bits per heavy atom. The molecule has 0 radical (unpaired) electrons. The molecular formula is C8H8FNO. The van der Waals surface area contributed by atoms with Gasteiger partial charge in [-0.05, 0) is 19.9 Å². The van der Waals surface area contributed by atoms with Crippen LogP contribution in [0.5, 0.6) is 0 Å². The summed E-state index contributed by atoms with van der Waals surface area (Å²) < 4.78 is 12.7. The highest BCUT2D eigenvalue weighted by atomic mass is 19.1. The highest BCUT2D eigenvalue weighted by molar-refractivity contribution is 5.93. The van der Waals surface area contributed by atoms with Crippen LogP contribution in [-0.4, -0.2) is 10.8 Å². The lowest BCUT2D eigenvalue weighted by molar-refractivity contribution is 0.101. The van der Waals surface area contributed by atoms with Gasteiger partial charge in [0.15, 0.2) is 5.78 Å². The molecule has 0 saturated heterocycles. The van der Waals surface area contributed by atoms with Gasteiger partial charge in [-0.3, -0.25) is 9.78 Å². The van der Waals surface area contributed by atoms with E-state index in [1.165, 1.54) is 19.2 Å². The van der Waals surface area contributed by atoms with Crippen LogP contribution in [0.15, 0.2) is 12.3 Å². The van der Waals surface area contributed by atoms with Gasteiger partial charge in [0.25, 0.3) is 0 Å². The fraction of sp³-hybridized carbons (Fsp3) is 0.250. The molecule has 2 nitrogen and oxygen atoms in total. The SMILES string of the molecule is CC(=O)c1cnc(C)c(F)c1. The van der Waals surface area contributed by atoms with Gasteiger partial charge in [-0.2, -0.15) is 0 Å². The molecule has 0 aromatic carbocycles. The van der Waals surface area contributed by atoms with Gasteiger partial charge < -0.3 is 0 Å². The molecule has 0 saturated carbocycles. The second kappa shape index (κ2) is 2.78. The number of aryl methyl sites for hydroxylation is 1. The summed E-state index contributed by atoms with van der Waals surface area (Å²) in [4.78, 5) is 14.4. The quantitative estimate of drug-likeness (QED) is 0.575. The second-order valence-electron chi connectivity index (χ2n) is 2.35. The lowest BCUT2D eigenvalue weighted by Gasteiger charge is -1.96. The van der Waals surface area contributed by atoms with Crippen molar-refractivity contribution >= 4 is 5.78 Å². The van der Waals surface area contributed by atoms with Crippen molar-refractivity contribution in [1.29, 1.82) is 0 Å².